The van der Waals surface area contributed by atoms with E-state index in [-0.39, 0.29) is 0 Å². The smallest absolute Gasteiger partial charge is 0.0671 e. The summed E-state index contributed by atoms with van der Waals surface area (Å²) in [6.07, 6.45) is 0. The normalized spacial score (nSPS) is 12.5. The fourth-order valence-electron chi connectivity index (χ4n) is 2.45. The summed E-state index contributed by atoms with van der Waals surface area (Å²) in [4.78, 5) is 0. The van der Waals surface area contributed by atoms with E-state index in [0.29, 0.717) is 0 Å². The van der Waals surface area contributed by atoms with E-state index in [1.165, 1.54) is 0 Å². The van der Waals surface area contributed by atoms with Crippen LogP contribution >= 0.6 is 31.9 Å². The van der Waals surface area contributed by atoms with Gasteiger partial charge in [0.2, 0.25) is 0 Å². The highest BCUT2D eigenvalue weighted by molar-refractivity contribution is 9.10. The Morgan fingerprint density at radius 2 is 0.800 bits per heavy atom. The Labute approximate surface area is 140 Å². The molecule has 0 unspecified atom stereocenters. The van der Waals surface area contributed by atoms with E-state index >= 15 is 0 Å². The molecule has 0 bridgehead atoms. The molecule has 0 amide bonds. The minimum absolute atomic E-state index is 1.16. The minimum Gasteiger partial charge on any atom is -0.0671 e. The number of benzene rings is 2. The molecule has 0 saturated carbocycles. The van der Waals surface area contributed by atoms with Crippen molar-refractivity contribution in [2.24, 2.45) is 0 Å². The molecule has 20 heavy (non-hydrogen) atoms. The third kappa shape index (κ3) is 3.03. The highest BCUT2D eigenvalue weighted by atomic mass is 79.9. The lowest BCUT2D eigenvalue weighted by Crippen LogP contribution is -2.69. The van der Waals surface area contributed by atoms with Crippen molar-refractivity contribution in [2.75, 3.05) is 0 Å². The summed E-state index contributed by atoms with van der Waals surface area (Å²) in [6, 6.07) is 17.9. The molecule has 4 heteroatoms. The number of hydrogen-bond donors (Lipinski definition) is 0. The van der Waals surface area contributed by atoms with Gasteiger partial charge in [-0.1, -0.05) is 92.7 Å². The molecule has 0 aliphatic carbocycles. The van der Waals surface area contributed by atoms with Gasteiger partial charge in [-0.2, -0.15) is 0 Å². The van der Waals surface area contributed by atoms with Gasteiger partial charge >= 0.3 is 0 Å². The van der Waals surface area contributed by atoms with Crippen molar-refractivity contribution < 1.29 is 0 Å². The summed E-state index contributed by atoms with van der Waals surface area (Å²) in [5, 5.41) is 3.11. The van der Waals surface area contributed by atoms with Crippen LogP contribution in [0.4, 0.5) is 0 Å². The molecule has 0 aliphatic heterocycles. The first-order valence-corrected chi connectivity index (χ1v) is 15.4. The average Bonchev–Trinajstić information content (AvgIpc) is 2.39. The summed E-state index contributed by atoms with van der Waals surface area (Å²) >= 11 is 7.07. The zero-order valence-electron chi connectivity index (χ0n) is 12.4. The third-order valence-electron chi connectivity index (χ3n) is 4.69. The monoisotopic (exact) mass is 426 g/mol. The van der Waals surface area contributed by atoms with Crippen LogP contribution in [0.1, 0.15) is 0 Å². The summed E-state index contributed by atoms with van der Waals surface area (Å²) < 4.78 is 2.32. The molecule has 0 nitrogen and oxygen atoms in total. The Morgan fingerprint density at radius 3 is 1.05 bits per heavy atom. The average molecular weight is 428 g/mol. The second-order valence-electron chi connectivity index (χ2n) is 6.26. The van der Waals surface area contributed by atoms with Crippen LogP contribution in [0.2, 0.25) is 26.2 Å². The largest absolute Gasteiger partial charge is 0.0791 e. The number of rotatable bonds is 3. The Bertz CT molecular complexity index is 531. The van der Waals surface area contributed by atoms with Gasteiger partial charge in [-0.05, 0) is 24.3 Å². The van der Waals surface area contributed by atoms with E-state index in [0.717, 1.165) is 8.95 Å². The maximum Gasteiger partial charge on any atom is 0.0791 e. The van der Waals surface area contributed by atoms with Gasteiger partial charge < -0.3 is 0 Å². The van der Waals surface area contributed by atoms with E-state index in [2.05, 4.69) is 107 Å². The second kappa shape index (κ2) is 5.91. The molecule has 0 fully saturated rings. The van der Waals surface area contributed by atoms with Crippen LogP contribution in [-0.4, -0.2) is 15.2 Å². The van der Waals surface area contributed by atoms with Crippen LogP contribution in [0, 0.1) is 0 Å². The van der Waals surface area contributed by atoms with Crippen molar-refractivity contribution >= 4 is 57.4 Å². The zero-order chi connectivity index (χ0) is 15.0. The molecule has 0 saturated heterocycles. The van der Waals surface area contributed by atoms with E-state index in [1.54, 1.807) is 10.4 Å². The molecule has 0 aliphatic rings. The molecule has 0 radical (unpaired) electrons. The maximum atomic E-state index is 3.54. The Hall–Kier alpha value is -0.166. The molecule has 2 rings (SSSR count). The molecule has 0 atom stereocenters. The molecular formula is C16H20Br2Si2. The van der Waals surface area contributed by atoms with Crippen molar-refractivity contribution in [3.05, 3.63) is 57.5 Å². The quantitative estimate of drug-likeness (QED) is 0.615. The first-order valence-electron chi connectivity index (χ1n) is 6.77. The summed E-state index contributed by atoms with van der Waals surface area (Å²) in [5.74, 6) is 0. The van der Waals surface area contributed by atoms with Gasteiger partial charge in [0.15, 0.2) is 0 Å². The molecule has 2 aromatic rings. The zero-order valence-corrected chi connectivity index (χ0v) is 17.5. The van der Waals surface area contributed by atoms with Crippen molar-refractivity contribution in [2.45, 2.75) is 26.2 Å². The van der Waals surface area contributed by atoms with E-state index < -0.39 is 15.2 Å². The predicted molar refractivity (Wildman–Crippen MR) is 103 cm³/mol. The molecule has 0 heterocycles. The topological polar surface area (TPSA) is 0 Å². The van der Waals surface area contributed by atoms with Crippen LogP contribution < -0.4 is 10.4 Å². The van der Waals surface area contributed by atoms with Gasteiger partial charge in [-0.25, -0.2) is 0 Å². The van der Waals surface area contributed by atoms with Crippen molar-refractivity contribution in [3.63, 3.8) is 0 Å². The number of hydrogen-bond acceptors (Lipinski definition) is 0. The van der Waals surface area contributed by atoms with Gasteiger partial charge in [0, 0.05) is 8.95 Å². The Kier molecular flexibility index (Phi) is 4.79. The number of halogens is 2. The van der Waals surface area contributed by atoms with Crippen LogP contribution in [0.5, 0.6) is 0 Å². The first-order chi connectivity index (χ1) is 9.25. The maximum absolute atomic E-state index is 3.54. The molecule has 0 N–H and O–H groups in total. The summed E-state index contributed by atoms with van der Waals surface area (Å²) in [7, 11) is -2.97. The van der Waals surface area contributed by atoms with Gasteiger partial charge in [0.25, 0.3) is 0 Å². The van der Waals surface area contributed by atoms with Crippen LogP contribution in [0.25, 0.3) is 0 Å². The predicted octanol–water partition coefficient (Wildman–Crippen LogP) is 4.82. The standard InChI is InChI=1S/C16H20Br2Si2/c1-19(2,15-9-5-13(17)6-10-15)20(3,4)16-11-7-14(18)8-12-16/h5-12H,1-4H3. The third-order valence-corrected chi connectivity index (χ3v) is 23.5. The fraction of sp³-hybridized carbons (Fsp3) is 0.250. The van der Waals surface area contributed by atoms with Gasteiger partial charge in [0.05, 0.1) is 15.2 Å². The lowest BCUT2D eigenvalue weighted by molar-refractivity contribution is 1.64. The molecule has 0 spiro atoms. The highest BCUT2D eigenvalue weighted by Crippen LogP contribution is 2.21. The van der Waals surface area contributed by atoms with E-state index in [4.69, 9.17) is 0 Å². The minimum atomic E-state index is -1.49. The summed E-state index contributed by atoms with van der Waals surface area (Å²) in [6.45, 7) is 10.1. The molecule has 2 aromatic carbocycles. The SMILES string of the molecule is C[Si](C)(c1ccc(Br)cc1)[Si](C)(C)c1ccc(Br)cc1. The summed E-state index contributed by atoms with van der Waals surface area (Å²) in [5.41, 5.74) is 0. The lowest BCUT2D eigenvalue weighted by Gasteiger charge is -2.39. The van der Waals surface area contributed by atoms with Gasteiger partial charge in [-0.3, -0.25) is 0 Å². The van der Waals surface area contributed by atoms with Crippen molar-refractivity contribution in [1.29, 1.82) is 0 Å². The van der Waals surface area contributed by atoms with Gasteiger partial charge in [0.1, 0.15) is 0 Å². The van der Waals surface area contributed by atoms with E-state index in [1.807, 2.05) is 0 Å². The van der Waals surface area contributed by atoms with Gasteiger partial charge in [-0.15, -0.1) is 0 Å². The molecule has 106 valence electrons. The molecule has 0 aromatic heterocycles. The Morgan fingerprint density at radius 1 is 0.550 bits per heavy atom. The van der Waals surface area contributed by atoms with Crippen molar-refractivity contribution in [1.82, 2.24) is 0 Å². The van der Waals surface area contributed by atoms with Crippen LogP contribution in [0.15, 0.2) is 57.5 Å². The fourth-order valence-corrected chi connectivity index (χ4v) is 11.8. The highest BCUT2D eigenvalue weighted by Gasteiger charge is 2.43. The Balaban J connectivity index is 2.45. The van der Waals surface area contributed by atoms with Crippen molar-refractivity contribution in [3.8, 4) is 0 Å². The lowest BCUT2D eigenvalue weighted by atomic mass is 10.4. The van der Waals surface area contributed by atoms with E-state index in [9.17, 15) is 0 Å². The first kappa shape index (κ1) is 16.2. The van der Waals surface area contributed by atoms with Crippen LogP contribution in [-0.2, 0) is 0 Å². The second-order valence-corrected chi connectivity index (χ2v) is 23.2. The van der Waals surface area contributed by atoms with Crippen LogP contribution in [0.3, 0.4) is 0 Å². The molecular weight excluding hydrogens is 408 g/mol.